The Labute approximate surface area is 170 Å². The minimum Gasteiger partial charge on any atom is -0.370 e. The van der Waals surface area contributed by atoms with Gasteiger partial charge in [0.15, 0.2) is 5.96 Å². The number of nitrogens with zero attached hydrogens (tertiary/aromatic N) is 3. The van der Waals surface area contributed by atoms with Gasteiger partial charge < -0.3 is 20.9 Å². The highest BCUT2D eigenvalue weighted by molar-refractivity contribution is 5.77. The van der Waals surface area contributed by atoms with Gasteiger partial charge in [-0.3, -0.25) is 4.99 Å². The fourth-order valence-electron chi connectivity index (χ4n) is 3.02. The van der Waals surface area contributed by atoms with E-state index in [1.54, 1.807) is 18.5 Å². The van der Waals surface area contributed by atoms with Gasteiger partial charge in [-0.25, -0.2) is 9.37 Å². The van der Waals surface area contributed by atoms with Crippen LogP contribution >= 0.6 is 0 Å². The molecule has 3 aromatic rings. The number of benzene rings is 2. The summed E-state index contributed by atoms with van der Waals surface area (Å²) in [4.78, 5) is 13.6. The van der Waals surface area contributed by atoms with Gasteiger partial charge in [-0.1, -0.05) is 30.3 Å². The molecule has 4 N–H and O–H groups in total. The Bertz CT molecular complexity index is 862. The van der Waals surface area contributed by atoms with E-state index in [9.17, 15) is 4.39 Å². The molecule has 0 atom stereocenters. The maximum absolute atomic E-state index is 13.3. The molecule has 3 rings (SSSR count). The Hall–Kier alpha value is -3.35. The van der Waals surface area contributed by atoms with Crippen molar-refractivity contribution in [2.24, 2.45) is 10.7 Å². The molecule has 2 aromatic carbocycles. The number of imidazole rings is 1. The van der Waals surface area contributed by atoms with Crippen molar-refractivity contribution < 1.29 is 4.39 Å². The summed E-state index contributed by atoms with van der Waals surface area (Å²) in [5.41, 5.74) is 9.24. The highest BCUT2D eigenvalue weighted by atomic mass is 19.1. The molecule has 7 heteroatoms. The first kappa shape index (κ1) is 20.4. The number of halogens is 1. The van der Waals surface area contributed by atoms with Gasteiger partial charge in [0.05, 0.1) is 6.33 Å². The molecule has 0 bridgehead atoms. The van der Waals surface area contributed by atoms with Crippen LogP contribution in [0.15, 0.2) is 72.1 Å². The zero-order valence-electron chi connectivity index (χ0n) is 16.4. The van der Waals surface area contributed by atoms with Gasteiger partial charge in [0.25, 0.3) is 0 Å². The van der Waals surface area contributed by atoms with E-state index in [4.69, 9.17) is 5.73 Å². The zero-order chi connectivity index (χ0) is 20.3. The van der Waals surface area contributed by atoms with Crippen LogP contribution in [0.2, 0.25) is 0 Å². The van der Waals surface area contributed by atoms with E-state index in [0.717, 1.165) is 30.8 Å². The summed E-state index contributed by atoms with van der Waals surface area (Å²) in [5, 5.41) is 3.17. The highest BCUT2D eigenvalue weighted by Gasteiger charge is 2.08. The van der Waals surface area contributed by atoms with Crippen molar-refractivity contribution in [2.75, 3.05) is 24.5 Å². The predicted molar refractivity (Wildman–Crippen MR) is 115 cm³/mol. The van der Waals surface area contributed by atoms with Crippen LogP contribution < -0.4 is 16.0 Å². The van der Waals surface area contributed by atoms with Crippen LogP contribution in [-0.4, -0.2) is 35.6 Å². The topological polar surface area (TPSA) is 82.3 Å². The summed E-state index contributed by atoms with van der Waals surface area (Å²) in [5.74, 6) is 0.200. The molecule has 0 radical (unpaired) electrons. The monoisotopic (exact) mass is 394 g/mol. The lowest BCUT2D eigenvalue weighted by atomic mass is 10.2. The van der Waals surface area contributed by atoms with Gasteiger partial charge >= 0.3 is 0 Å². The van der Waals surface area contributed by atoms with E-state index < -0.39 is 0 Å². The average Bonchev–Trinajstić information content (AvgIpc) is 3.25. The van der Waals surface area contributed by atoms with Gasteiger partial charge in [-0.05, 0) is 42.7 Å². The van der Waals surface area contributed by atoms with Gasteiger partial charge in [-0.15, -0.1) is 0 Å². The number of anilines is 1. The zero-order valence-corrected chi connectivity index (χ0v) is 16.4. The van der Waals surface area contributed by atoms with E-state index in [2.05, 4.69) is 37.3 Å². The smallest absolute Gasteiger partial charge is 0.188 e. The number of aryl methyl sites for hydroxylation is 1. The molecule has 0 aliphatic rings. The van der Waals surface area contributed by atoms with Crippen LogP contribution in [0.4, 0.5) is 10.1 Å². The Morgan fingerprint density at radius 3 is 2.66 bits per heavy atom. The first-order chi connectivity index (χ1) is 14.2. The third kappa shape index (κ3) is 6.95. The van der Waals surface area contributed by atoms with E-state index >= 15 is 0 Å². The molecular weight excluding hydrogens is 367 g/mol. The number of aromatic nitrogens is 2. The third-order valence-electron chi connectivity index (χ3n) is 4.54. The SMILES string of the molecule is NC(=NCCCc1cnc[nH]1)NCCN(Cc1ccccc1)c1ccc(F)cc1. The molecular formula is C22H27FN6. The fourth-order valence-corrected chi connectivity index (χ4v) is 3.02. The van der Waals surface area contributed by atoms with Crippen molar-refractivity contribution in [3.63, 3.8) is 0 Å². The second-order valence-corrected chi connectivity index (χ2v) is 6.76. The molecule has 152 valence electrons. The molecule has 6 nitrogen and oxygen atoms in total. The molecule has 0 amide bonds. The largest absolute Gasteiger partial charge is 0.370 e. The van der Waals surface area contributed by atoms with Crippen LogP contribution in [-0.2, 0) is 13.0 Å². The lowest BCUT2D eigenvalue weighted by Gasteiger charge is -2.25. The second-order valence-electron chi connectivity index (χ2n) is 6.76. The lowest BCUT2D eigenvalue weighted by Crippen LogP contribution is -2.38. The maximum atomic E-state index is 13.3. The summed E-state index contributed by atoms with van der Waals surface area (Å²) in [6.07, 6.45) is 5.30. The second kappa shape index (κ2) is 10.8. The maximum Gasteiger partial charge on any atom is 0.188 e. The number of aliphatic imine (C=N–C) groups is 1. The van der Waals surface area contributed by atoms with Crippen LogP contribution in [0.3, 0.4) is 0 Å². The number of H-pyrrole nitrogens is 1. The molecule has 0 saturated heterocycles. The first-order valence-electron chi connectivity index (χ1n) is 9.76. The Balaban J connectivity index is 1.49. The van der Waals surface area contributed by atoms with E-state index in [1.807, 2.05) is 24.4 Å². The quantitative estimate of drug-likeness (QED) is 0.280. The van der Waals surface area contributed by atoms with Gasteiger partial charge in [0.2, 0.25) is 0 Å². The van der Waals surface area contributed by atoms with E-state index in [1.165, 1.54) is 17.7 Å². The first-order valence-corrected chi connectivity index (χ1v) is 9.76. The molecule has 0 aliphatic heterocycles. The Morgan fingerprint density at radius 2 is 1.93 bits per heavy atom. The normalized spacial score (nSPS) is 11.4. The number of rotatable bonds is 10. The van der Waals surface area contributed by atoms with Crippen molar-refractivity contribution in [3.8, 4) is 0 Å². The molecule has 1 aromatic heterocycles. The standard InChI is InChI=1S/C22H27FN6/c23-19-8-10-21(11-9-19)29(16-18-5-2-1-3-6-18)14-13-27-22(24)26-12-4-7-20-15-25-17-28-20/h1-3,5-6,8-11,15,17H,4,7,12-14,16H2,(H,25,28)(H3,24,26,27). The van der Waals surface area contributed by atoms with Crippen molar-refractivity contribution in [3.05, 3.63) is 84.2 Å². The molecule has 0 saturated carbocycles. The summed E-state index contributed by atoms with van der Waals surface area (Å²) in [6, 6.07) is 16.8. The van der Waals surface area contributed by atoms with Gasteiger partial charge in [0, 0.05) is 43.8 Å². The van der Waals surface area contributed by atoms with Crippen LogP contribution in [0.5, 0.6) is 0 Å². The molecule has 29 heavy (non-hydrogen) atoms. The summed E-state index contributed by atoms with van der Waals surface area (Å²) >= 11 is 0. The Kier molecular flexibility index (Phi) is 7.63. The molecule has 0 fully saturated rings. The number of aromatic amines is 1. The molecule has 0 spiro atoms. The predicted octanol–water partition coefficient (Wildman–Crippen LogP) is 3.09. The minimum atomic E-state index is -0.238. The summed E-state index contributed by atoms with van der Waals surface area (Å²) < 4.78 is 13.3. The van der Waals surface area contributed by atoms with Crippen LogP contribution in [0.25, 0.3) is 0 Å². The fraction of sp³-hybridized carbons (Fsp3) is 0.273. The summed E-state index contributed by atoms with van der Waals surface area (Å²) in [6.45, 7) is 2.74. The van der Waals surface area contributed by atoms with E-state index in [-0.39, 0.29) is 5.82 Å². The Morgan fingerprint density at radius 1 is 1.14 bits per heavy atom. The molecule has 0 aliphatic carbocycles. The number of hydrogen-bond donors (Lipinski definition) is 3. The number of hydrogen-bond acceptors (Lipinski definition) is 3. The number of guanidine groups is 1. The highest BCUT2D eigenvalue weighted by Crippen LogP contribution is 2.17. The van der Waals surface area contributed by atoms with E-state index in [0.29, 0.717) is 25.6 Å². The van der Waals surface area contributed by atoms with Crippen molar-refractivity contribution in [1.82, 2.24) is 15.3 Å². The molecule has 1 heterocycles. The van der Waals surface area contributed by atoms with Crippen molar-refractivity contribution in [2.45, 2.75) is 19.4 Å². The third-order valence-corrected chi connectivity index (χ3v) is 4.54. The van der Waals surface area contributed by atoms with Crippen LogP contribution in [0, 0.1) is 5.82 Å². The average molecular weight is 394 g/mol. The van der Waals surface area contributed by atoms with Gasteiger partial charge in [0.1, 0.15) is 5.82 Å². The van der Waals surface area contributed by atoms with Crippen molar-refractivity contribution >= 4 is 11.6 Å². The number of nitrogens with two attached hydrogens (primary N) is 1. The van der Waals surface area contributed by atoms with Crippen LogP contribution in [0.1, 0.15) is 17.7 Å². The molecule has 0 unspecified atom stereocenters. The lowest BCUT2D eigenvalue weighted by molar-refractivity contribution is 0.627. The van der Waals surface area contributed by atoms with Crippen molar-refractivity contribution in [1.29, 1.82) is 0 Å². The summed E-state index contributed by atoms with van der Waals surface area (Å²) in [7, 11) is 0. The number of nitrogens with one attached hydrogen (secondary N) is 2. The van der Waals surface area contributed by atoms with Gasteiger partial charge in [-0.2, -0.15) is 0 Å². The minimum absolute atomic E-state index is 0.238.